The molecule has 0 spiro atoms. The third-order valence-electron chi connectivity index (χ3n) is 4.91. The number of hydrogen-bond donors (Lipinski definition) is 0. The first kappa shape index (κ1) is 22.3. The van der Waals surface area contributed by atoms with Gasteiger partial charge in [0, 0.05) is 18.1 Å². The summed E-state index contributed by atoms with van der Waals surface area (Å²) < 4.78 is 2.07. The van der Waals surface area contributed by atoms with Gasteiger partial charge in [-0.1, -0.05) is 84.9 Å². The average Bonchev–Trinajstić information content (AvgIpc) is 3.09. The topological polar surface area (TPSA) is 30.7 Å². The van der Waals surface area contributed by atoms with Crippen LogP contribution in [0.5, 0.6) is 0 Å². The van der Waals surface area contributed by atoms with Gasteiger partial charge in [-0.3, -0.25) is 0 Å². The summed E-state index contributed by atoms with van der Waals surface area (Å²) in [5, 5.41) is 9.03. The second-order valence-corrected chi connectivity index (χ2v) is 7.24. The molecule has 0 unspecified atom stereocenters. The predicted octanol–water partition coefficient (Wildman–Crippen LogP) is 2.08. The van der Waals surface area contributed by atoms with Crippen LogP contribution in [0.1, 0.15) is 23.4 Å². The van der Waals surface area contributed by atoms with E-state index in [1.807, 2.05) is 12.1 Å². The van der Waals surface area contributed by atoms with Crippen LogP contribution in [0.15, 0.2) is 90.1 Å². The van der Waals surface area contributed by atoms with Gasteiger partial charge in [-0.05, 0) is 35.1 Å². The Morgan fingerprint density at radius 2 is 1.31 bits per heavy atom. The molecular formula is C24H22KN3S. The van der Waals surface area contributed by atoms with Gasteiger partial charge in [0.05, 0.1) is 0 Å². The molecule has 0 radical (unpaired) electrons. The third kappa shape index (κ3) is 6.07. The van der Waals surface area contributed by atoms with Gasteiger partial charge in [0.15, 0.2) is 0 Å². The minimum atomic E-state index is 0. The number of aryl methyl sites for hydroxylation is 1. The number of hydrogen-bond acceptors (Lipinski definition) is 3. The summed E-state index contributed by atoms with van der Waals surface area (Å²) in [6.07, 6.45) is 2.79. The van der Waals surface area contributed by atoms with Gasteiger partial charge in [0.2, 0.25) is 0 Å². The second-order valence-electron chi connectivity index (χ2n) is 6.88. The molecule has 0 N–H and O–H groups in total. The zero-order chi connectivity index (χ0) is 19.2. The summed E-state index contributed by atoms with van der Waals surface area (Å²) in [4.78, 5) is 0. The monoisotopic (exact) mass is 423 g/mol. The fraction of sp³-hybridized carbons (Fsp3) is 0.167. The van der Waals surface area contributed by atoms with Gasteiger partial charge < -0.3 is 17.2 Å². The molecule has 0 atom stereocenters. The average molecular weight is 424 g/mol. The SMILES string of the molecule is [K+].[S-]c1nnc(Cc2ccc(-c3ccccc3)cc2)n1CCCc1ccccc1. The molecule has 4 rings (SSSR count). The molecular weight excluding hydrogens is 401 g/mol. The smallest absolute Gasteiger partial charge is 0.740 e. The maximum Gasteiger partial charge on any atom is 1.00 e. The van der Waals surface area contributed by atoms with Gasteiger partial charge in [0.25, 0.3) is 0 Å². The van der Waals surface area contributed by atoms with E-state index in [4.69, 9.17) is 12.6 Å². The van der Waals surface area contributed by atoms with Crippen LogP contribution in [0.25, 0.3) is 11.1 Å². The Hall–Kier alpha value is -1.34. The van der Waals surface area contributed by atoms with E-state index in [2.05, 4.69) is 87.6 Å². The van der Waals surface area contributed by atoms with Gasteiger partial charge >= 0.3 is 51.4 Å². The Kier molecular flexibility index (Phi) is 8.60. The molecule has 1 aromatic heterocycles. The summed E-state index contributed by atoms with van der Waals surface area (Å²) in [5.74, 6) is 0.936. The molecule has 0 fully saturated rings. The Morgan fingerprint density at radius 1 is 0.690 bits per heavy atom. The zero-order valence-corrected chi connectivity index (χ0v) is 20.6. The Bertz CT molecular complexity index is 1020. The molecule has 0 bridgehead atoms. The Morgan fingerprint density at radius 3 is 2.00 bits per heavy atom. The summed E-state index contributed by atoms with van der Waals surface area (Å²) in [6.45, 7) is 0.845. The van der Waals surface area contributed by atoms with E-state index < -0.39 is 0 Å². The molecule has 5 heteroatoms. The van der Waals surface area contributed by atoms with Crippen LogP contribution >= 0.6 is 0 Å². The molecule has 4 aromatic rings. The quantitative estimate of drug-likeness (QED) is 0.337. The standard InChI is InChI=1S/C24H23N3S.K/c28-24-26-25-23(27(24)17-7-10-19-8-3-1-4-9-19)18-20-13-15-22(16-14-20)21-11-5-2-6-12-21;/h1-6,8-9,11-16H,7,10,17-18H2,(H,26,28);/q;+1/p-1. The van der Waals surface area contributed by atoms with Crippen LogP contribution in [0, 0.1) is 0 Å². The fourth-order valence-corrected chi connectivity index (χ4v) is 3.63. The van der Waals surface area contributed by atoms with Crippen molar-refractivity contribution in [2.24, 2.45) is 0 Å². The first-order chi connectivity index (χ1) is 13.8. The molecule has 0 amide bonds. The summed E-state index contributed by atoms with van der Waals surface area (Å²) in [7, 11) is 0. The molecule has 29 heavy (non-hydrogen) atoms. The van der Waals surface area contributed by atoms with Crippen molar-refractivity contribution in [1.29, 1.82) is 0 Å². The Labute approximate surface area is 220 Å². The number of benzene rings is 3. The van der Waals surface area contributed by atoms with E-state index in [9.17, 15) is 0 Å². The maximum absolute atomic E-state index is 5.39. The van der Waals surface area contributed by atoms with Crippen LogP contribution in [0.3, 0.4) is 0 Å². The van der Waals surface area contributed by atoms with E-state index in [-0.39, 0.29) is 51.4 Å². The predicted molar refractivity (Wildman–Crippen MR) is 115 cm³/mol. The maximum atomic E-state index is 5.39. The summed E-state index contributed by atoms with van der Waals surface area (Å²) in [5.41, 5.74) is 5.01. The van der Waals surface area contributed by atoms with E-state index in [1.165, 1.54) is 22.3 Å². The van der Waals surface area contributed by atoms with E-state index in [1.54, 1.807) is 0 Å². The fourth-order valence-electron chi connectivity index (χ4n) is 3.39. The molecule has 0 saturated carbocycles. The molecule has 140 valence electrons. The van der Waals surface area contributed by atoms with Crippen molar-refractivity contribution in [3.05, 3.63) is 102 Å². The van der Waals surface area contributed by atoms with Crippen molar-refractivity contribution in [2.45, 2.75) is 31.0 Å². The van der Waals surface area contributed by atoms with Crippen molar-refractivity contribution >= 4 is 12.6 Å². The van der Waals surface area contributed by atoms with Crippen molar-refractivity contribution in [2.75, 3.05) is 0 Å². The molecule has 3 aromatic carbocycles. The van der Waals surface area contributed by atoms with E-state index in [0.717, 1.165) is 31.6 Å². The summed E-state index contributed by atoms with van der Waals surface area (Å²) >= 11 is 5.39. The van der Waals surface area contributed by atoms with Gasteiger partial charge in [-0.25, -0.2) is 0 Å². The minimum Gasteiger partial charge on any atom is -0.740 e. The van der Waals surface area contributed by atoms with Crippen LogP contribution in [-0.4, -0.2) is 14.8 Å². The molecule has 0 aliphatic carbocycles. The number of nitrogens with zero attached hydrogens (tertiary/aromatic N) is 3. The van der Waals surface area contributed by atoms with Gasteiger partial charge in [-0.2, -0.15) is 5.10 Å². The second kappa shape index (κ2) is 11.2. The molecule has 0 aliphatic heterocycles. The van der Waals surface area contributed by atoms with Crippen molar-refractivity contribution in [3.63, 3.8) is 0 Å². The first-order valence-corrected chi connectivity index (χ1v) is 9.98. The normalized spacial score (nSPS) is 10.5. The molecule has 3 nitrogen and oxygen atoms in total. The Balaban J connectivity index is 0.00000240. The van der Waals surface area contributed by atoms with E-state index >= 15 is 0 Å². The van der Waals surface area contributed by atoms with Crippen molar-refractivity contribution in [3.8, 4) is 11.1 Å². The first-order valence-electron chi connectivity index (χ1n) is 9.57. The third-order valence-corrected chi connectivity index (χ3v) is 5.21. The van der Waals surface area contributed by atoms with Gasteiger partial charge in [-0.15, -0.1) is 5.10 Å². The minimum absolute atomic E-state index is 0. The van der Waals surface area contributed by atoms with E-state index in [0.29, 0.717) is 5.16 Å². The molecule has 1 heterocycles. The summed E-state index contributed by atoms with van der Waals surface area (Å²) in [6, 6.07) is 29.6. The molecule has 0 aliphatic rings. The van der Waals surface area contributed by atoms with Crippen molar-refractivity contribution in [1.82, 2.24) is 14.8 Å². The van der Waals surface area contributed by atoms with Crippen LogP contribution < -0.4 is 51.4 Å². The van der Waals surface area contributed by atoms with Gasteiger partial charge in [0.1, 0.15) is 5.82 Å². The largest absolute Gasteiger partial charge is 1.00 e. The van der Waals surface area contributed by atoms with Crippen molar-refractivity contribution < 1.29 is 51.4 Å². The van der Waals surface area contributed by atoms with Crippen LogP contribution in [-0.2, 0) is 32.0 Å². The molecule has 0 saturated heterocycles. The van der Waals surface area contributed by atoms with Crippen LogP contribution in [0.2, 0.25) is 0 Å². The zero-order valence-electron chi connectivity index (χ0n) is 16.7. The number of aromatic nitrogens is 3. The van der Waals surface area contributed by atoms with Crippen LogP contribution in [0.4, 0.5) is 0 Å². The number of rotatable bonds is 7.